The third kappa shape index (κ3) is 6.83. The van der Waals surface area contributed by atoms with Crippen LogP contribution in [0.15, 0.2) is 63.5 Å². The van der Waals surface area contributed by atoms with Crippen molar-refractivity contribution in [2.75, 3.05) is 12.4 Å². The third-order valence-corrected chi connectivity index (χ3v) is 5.37. The normalized spacial score (nSPS) is 11.3. The summed E-state index contributed by atoms with van der Waals surface area (Å²) in [6.07, 6.45) is -0.299. The number of nitrogen functional groups attached to an aromatic ring is 1. The Balaban J connectivity index is 2.17. The standard InChI is InChI=1S/C24H26ClN7O6/c1-14(2)37-18-9-7-17(8-10-18)29-24-31(13-15-3-5-16(25)6-4-15)23(35)20(21(30-36)32(24)26)22(34)28-12-11-19(33)38-27/h3-10,14H,11-13,26-27H2,1-2H3,(H,28,34). The summed E-state index contributed by atoms with van der Waals surface area (Å²) < 4.78 is 7.51. The van der Waals surface area contributed by atoms with E-state index in [-0.39, 0.29) is 31.2 Å². The summed E-state index contributed by atoms with van der Waals surface area (Å²) in [5.74, 6) is 9.16. The Morgan fingerprint density at radius 3 is 2.34 bits per heavy atom. The molecule has 38 heavy (non-hydrogen) atoms. The van der Waals surface area contributed by atoms with Crippen molar-refractivity contribution in [3.05, 3.63) is 85.6 Å². The first-order valence-electron chi connectivity index (χ1n) is 11.4. The predicted octanol–water partition coefficient (Wildman–Crippen LogP) is 2.02. The van der Waals surface area contributed by atoms with Crippen LogP contribution in [0, 0.1) is 4.91 Å². The number of rotatable bonds is 10. The van der Waals surface area contributed by atoms with Gasteiger partial charge in [-0.25, -0.2) is 9.67 Å². The molecule has 3 aromatic rings. The average molecular weight is 544 g/mol. The van der Waals surface area contributed by atoms with Crippen LogP contribution in [-0.4, -0.2) is 33.8 Å². The lowest BCUT2D eigenvalue weighted by molar-refractivity contribution is -0.144. The van der Waals surface area contributed by atoms with E-state index in [0.717, 1.165) is 9.24 Å². The Kier molecular flexibility index (Phi) is 9.35. The molecule has 3 rings (SSSR count). The minimum absolute atomic E-state index is 0.0330. The summed E-state index contributed by atoms with van der Waals surface area (Å²) in [4.78, 5) is 57.9. The molecule has 0 atom stereocenters. The van der Waals surface area contributed by atoms with Crippen LogP contribution in [0.2, 0.25) is 5.02 Å². The van der Waals surface area contributed by atoms with E-state index in [2.05, 4.69) is 20.3 Å². The molecule has 5 N–H and O–H groups in total. The predicted molar refractivity (Wildman–Crippen MR) is 140 cm³/mol. The second-order valence-electron chi connectivity index (χ2n) is 8.25. The molecule has 0 aliphatic heterocycles. The number of aromatic nitrogens is 2. The minimum atomic E-state index is -0.972. The van der Waals surface area contributed by atoms with Crippen molar-refractivity contribution < 1.29 is 19.2 Å². The fourth-order valence-corrected chi connectivity index (χ4v) is 3.52. The molecule has 13 nitrogen and oxygen atoms in total. The second-order valence-corrected chi connectivity index (χ2v) is 8.68. The molecule has 0 unspecified atom stereocenters. The van der Waals surface area contributed by atoms with Crippen LogP contribution in [-0.2, 0) is 16.2 Å². The van der Waals surface area contributed by atoms with Gasteiger partial charge in [0.25, 0.3) is 11.5 Å². The molecule has 2 aromatic carbocycles. The molecular formula is C24H26ClN7O6. The van der Waals surface area contributed by atoms with Crippen LogP contribution >= 0.6 is 11.6 Å². The maximum absolute atomic E-state index is 13.6. The van der Waals surface area contributed by atoms with Gasteiger partial charge in [-0.1, -0.05) is 23.7 Å². The molecule has 1 aromatic heterocycles. The largest absolute Gasteiger partial charge is 0.491 e. The summed E-state index contributed by atoms with van der Waals surface area (Å²) in [6.45, 7) is 3.49. The Hall–Kier alpha value is -4.49. The number of hydrogen-bond donors (Lipinski definition) is 3. The number of carbonyl (C=O) groups is 2. The van der Waals surface area contributed by atoms with Crippen molar-refractivity contribution in [3.63, 3.8) is 0 Å². The first-order valence-corrected chi connectivity index (χ1v) is 11.7. The van der Waals surface area contributed by atoms with E-state index in [1.54, 1.807) is 48.5 Å². The number of halogens is 1. The summed E-state index contributed by atoms with van der Waals surface area (Å²) in [5, 5.41) is 5.67. The van der Waals surface area contributed by atoms with Crippen LogP contribution in [0.3, 0.4) is 0 Å². The molecule has 1 heterocycles. The average Bonchev–Trinajstić information content (AvgIpc) is 2.89. The van der Waals surface area contributed by atoms with Gasteiger partial charge in [-0.15, -0.1) is 4.91 Å². The Bertz CT molecular complexity index is 1450. The molecule has 0 saturated carbocycles. The zero-order chi connectivity index (χ0) is 27.8. The van der Waals surface area contributed by atoms with Gasteiger partial charge >= 0.3 is 5.97 Å². The molecule has 0 aliphatic rings. The fourth-order valence-electron chi connectivity index (χ4n) is 3.40. The lowest BCUT2D eigenvalue weighted by Crippen LogP contribution is -2.47. The van der Waals surface area contributed by atoms with Gasteiger partial charge in [0.1, 0.15) is 5.75 Å². The number of benzene rings is 2. The number of nitrogens with one attached hydrogen (secondary N) is 1. The topological polar surface area (TPSA) is 185 Å². The SMILES string of the molecule is CC(C)Oc1ccc(N=c2n(N)c(N=O)c(C(=O)NCCC(=O)ON)c(=O)n2Cc2ccc(Cl)cc2)cc1. The van der Waals surface area contributed by atoms with Crippen molar-refractivity contribution in [1.29, 1.82) is 0 Å². The first-order chi connectivity index (χ1) is 18.1. The molecule has 0 radical (unpaired) electrons. The number of nitroso groups, excluding NO2 is 1. The number of nitrogens with two attached hydrogens (primary N) is 2. The van der Waals surface area contributed by atoms with Crippen LogP contribution in [0.5, 0.6) is 5.75 Å². The number of hydrogen-bond acceptors (Lipinski definition) is 10. The summed E-state index contributed by atoms with van der Waals surface area (Å²) in [7, 11) is 0. The molecule has 0 aliphatic carbocycles. The van der Waals surface area contributed by atoms with Gasteiger partial charge < -0.3 is 20.7 Å². The van der Waals surface area contributed by atoms with Crippen LogP contribution in [0.1, 0.15) is 36.2 Å². The highest BCUT2D eigenvalue weighted by Crippen LogP contribution is 2.19. The van der Waals surface area contributed by atoms with Gasteiger partial charge in [0.05, 0.1) is 24.8 Å². The van der Waals surface area contributed by atoms with E-state index in [9.17, 15) is 19.3 Å². The fraction of sp³-hybridized carbons (Fsp3) is 0.250. The van der Waals surface area contributed by atoms with Crippen molar-refractivity contribution in [2.24, 2.45) is 16.1 Å². The number of nitrogens with zero attached hydrogens (tertiary/aromatic N) is 4. The zero-order valence-electron chi connectivity index (χ0n) is 20.6. The summed E-state index contributed by atoms with van der Waals surface area (Å²) >= 11 is 5.98. The third-order valence-electron chi connectivity index (χ3n) is 5.12. The zero-order valence-corrected chi connectivity index (χ0v) is 21.3. The Labute approximate surface area is 221 Å². The van der Waals surface area contributed by atoms with E-state index in [1.807, 2.05) is 13.8 Å². The quantitative estimate of drug-likeness (QED) is 0.197. The van der Waals surface area contributed by atoms with Gasteiger partial charge in [0.15, 0.2) is 5.56 Å². The van der Waals surface area contributed by atoms with Crippen molar-refractivity contribution in [3.8, 4) is 5.75 Å². The van der Waals surface area contributed by atoms with Gasteiger partial charge in [-0.05, 0) is 61.0 Å². The minimum Gasteiger partial charge on any atom is -0.491 e. The van der Waals surface area contributed by atoms with Crippen LogP contribution in [0.25, 0.3) is 0 Å². The molecule has 0 fully saturated rings. The van der Waals surface area contributed by atoms with Crippen molar-refractivity contribution in [2.45, 2.75) is 32.9 Å². The van der Waals surface area contributed by atoms with Crippen LogP contribution in [0.4, 0.5) is 11.5 Å². The molecular weight excluding hydrogens is 518 g/mol. The summed E-state index contributed by atoms with van der Waals surface area (Å²) in [5.41, 5.74) is -0.636. The smallest absolute Gasteiger partial charge is 0.326 e. The van der Waals surface area contributed by atoms with Gasteiger partial charge in [0.2, 0.25) is 11.4 Å². The molecule has 0 bridgehead atoms. The molecule has 0 spiro atoms. The van der Waals surface area contributed by atoms with E-state index in [0.29, 0.717) is 22.0 Å². The second kappa shape index (κ2) is 12.7. The number of ether oxygens (including phenoxy) is 1. The van der Waals surface area contributed by atoms with Crippen molar-refractivity contribution >= 4 is 35.0 Å². The van der Waals surface area contributed by atoms with Crippen molar-refractivity contribution in [1.82, 2.24) is 14.6 Å². The Morgan fingerprint density at radius 2 is 1.76 bits per heavy atom. The van der Waals surface area contributed by atoms with E-state index in [1.165, 1.54) is 0 Å². The maximum atomic E-state index is 13.6. The number of amides is 1. The molecule has 200 valence electrons. The first kappa shape index (κ1) is 28.1. The lowest BCUT2D eigenvalue weighted by Gasteiger charge is -2.15. The monoisotopic (exact) mass is 543 g/mol. The highest BCUT2D eigenvalue weighted by Gasteiger charge is 2.24. The van der Waals surface area contributed by atoms with Gasteiger partial charge in [-0.2, -0.15) is 5.90 Å². The van der Waals surface area contributed by atoms with Gasteiger partial charge in [-0.3, -0.25) is 19.0 Å². The molecule has 1 amide bonds. The van der Waals surface area contributed by atoms with E-state index < -0.39 is 28.8 Å². The maximum Gasteiger partial charge on any atom is 0.326 e. The highest BCUT2D eigenvalue weighted by molar-refractivity contribution is 6.30. The Morgan fingerprint density at radius 1 is 1.11 bits per heavy atom. The van der Waals surface area contributed by atoms with E-state index >= 15 is 0 Å². The summed E-state index contributed by atoms with van der Waals surface area (Å²) in [6, 6.07) is 13.3. The number of carbonyl (C=O) groups excluding carboxylic acids is 2. The lowest BCUT2D eigenvalue weighted by atomic mass is 10.2. The molecule has 14 heteroatoms. The van der Waals surface area contributed by atoms with E-state index in [4.69, 9.17) is 28.1 Å². The van der Waals surface area contributed by atoms with Crippen LogP contribution < -0.4 is 33.0 Å². The molecule has 0 saturated heterocycles. The van der Waals surface area contributed by atoms with Gasteiger partial charge in [0, 0.05) is 11.6 Å². The highest BCUT2D eigenvalue weighted by atomic mass is 35.5.